The van der Waals surface area contributed by atoms with Crippen LogP contribution in [0, 0.1) is 5.92 Å². The first kappa shape index (κ1) is 18.2. The Morgan fingerprint density at radius 3 is 2.42 bits per heavy atom. The summed E-state index contributed by atoms with van der Waals surface area (Å²) < 4.78 is 0. The van der Waals surface area contributed by atoms with Gasteiger partial charge in [0.1, 0.15) is 0 Å². The Bertz CT molecular complexity index is 688. The Balaban J connectivity index is 2.08. The zero-order valence-electron chi connectivity index (χ0n) is 15.4. The van der Waals surface area contributed by atoms with E-state index < -0.39 is 0 Å². The summed E-state index contributed by atoms with van der Waals surface area (Å²) in [4.78, 5) is 12.3. The number of benzene rings is 1. The van der Waals surface area contributed by atoms with Gasteiger partial charge >= 0.3 is 0 Å². The lowest BCUT2D eigenvalue weighted by atomic mass is 9.85. The molecule has 0 bridgehead atoms. The average Bonchev–Trinajstić information content (AvgIpc) is 2.52. The second-order valence-electron chi connectivity index (χ2n) is 7.70. The van der Waals surface area contributed by atoms with Crippen LogP contribution < -0.4 is 5.43 Å². The fourth-order valence-corrected chi connectivity index (χ4v) is 2.73. The van der Waals surface area contributed by atoms with Crippen molar-refractivity contribution in [1.29, 1.82) is 0 Å². The Morgan fingerprint density at radius 2 is 1.88 bits per heavy atom. The van der Waals surface area contributed by atoms with Crippen LogP contribution in [0.4, 0.5) is 0 Å². The van der Waals surface area contributed by atoms with E-state index in [0.717, 1.165) is 29.7 Å². The molecule has 3 heteroatoms. The first-order chi connectivity index (χ1) is 11.2. The van der Waals surface area contributed by atoms with Crippen LogP contribution >= 0.6 is 0 Å². The monoisotopic (exact) mass is 324 g/mol. The van der Waals surface area contributed by atoms with Gasteiger partial charge in [0.15, 0.2) is 0 Å². The third-order valence-electron chi connectivity index (χ3n) is 4.61. The van der Waals surface area contributed by atoms with E-state index in [1.165, 1.54) is 5.56 Å². The first-order valence-electron chi connectivity index (χ1n) is 8.48. The van der Waals surface area contributed by atoms with Crippen molar-refractivity contribution in [1.82, 2.24) is 5.43 Å². The maximum atomic E-state index is 12.3. The third kappa shape index (κ3) is 4.44. The Kier molecular flexibility index (Phi) is 5.43. The summed E-state index contributed by atoms with van der Waals surface area (Å²) in [6.45, 7) is 14.6. The number of carbonyl (C=O) groups is 1. The molecule has 1 amide bonds. The molecule has 128 valence electrons. The highest BCUT2D eigenvalue weighted by Gasteiger charge is 2.19. The van der Waals surface area contributed by atoms with Crippen molar-refractivity contribution >= 4 is 11.6 Å². The highest BCUT2D eigenvalue weighted by atomic mass is 16.2. The molecular formula is C21H28N2O. The van der Waals surface area contributed by atoms with Gasteiger partial charge in [0.25, 0.3) is 5.91 Å². The predicted molar refractivity (Wildman–Crippen MR) is 101 cm³/mol. The van der Waals surface area contributed by atoms with Crippen molar-refractivity contribution in [2.45, 2.75) is 52.9 Å². The lowest BCUT2D eigenvalue weighted by Crippen LogP contribution is -2.23. The molecule has 0 fully saturated rings. The molecule has 2 rings (SSSR count). The van der Waals surface area contributed by atoms with Crippen LogP contribution in [-0.4, -0.2) is 11.6 Å². The van der Waals surface area contributed by atoms with E-state index in [9.17, 15) is 4.79 Å². The van der Waals surface area contributed by atoms with E-state index in [1.54, 1.807) is 0 Å². The molecule has 0 radical (unpaired) electrons. The predicted octanol–water partition coefficient (Wildman–Crippen LogP) is 5.00. The Hall–Kier alpha value is -2.16. The highest BCUT2D eigenvalue weighted by Crippen LogP contribution is 2.26. The lowest BCUT2D eigenvalue weighted by molar-refractivity contribution is 0.0954. The largest absolute Gasteiger partial charge is 0.271 e. The number of hydrazone groups is 1. The van der Waals surface area contributed by atoms with Crippen LogP contribution in [0.25, 0.3) is 0 Å². The van der Waals surface area contributed by atoms with Gasteiger partial charge in [0.05, 0.1) is 5.71 Å². The molecule has 0 spiro atoms. The number of nitrogens with zero attached hydrogens (tertiary/aromatic N) is 1. The van der Waals surface area contributed by atoms with E-state index in [2.05, 4.69) is 44.0 Å². The number of amides is 1. The number of rotatable bonds is 3. The Labute approximate surface area is 145 Å². The van der Waals surface area contributed by atoms with E-state index in [-0.39, 0.29) is 11.3 Å². The molecule has 1 aromatic carbocycles. The van der Waals surface area contributed by atoms with Gasteiger partial charge < -0.3 is 0 Å². The molecule has 0 saturated carbocycles. The number of hydrogen-bond donors (Lipinski definition) is 1. The average molecular weight is 324 g/mol. The van der Waals surface area contributed by atoms with Gasteiger partial charge in [-0.15, -0.1) is 0 Å². The van der Waals surface area contributed by atoms with Crippen molar-refractivity contribution in [2.24, 2.45) is 11.0 Å². The van der Waals surface area contributed by atoms with Crippen molar-refractivity contribution in [2.75, 3.05) is 0 Å². The van der Waals surface area contributed by atoms with Crippen LogP contribution in [0.15, 0.2) is 53.2 Å². The number of carbonyl (C=O) groups excluding carboxylic acids is 1. The molecule has 0 unspecified atom stereocenters. The maximum absolute atomic E-state index is 12.3. The molecule has 3 nitrogen and oxygen atoms in total. The molecule has 1 aromatic rings. The lowest BCUT2D eigenvalue weighted by Gasteiger charge is -2.22. The number of hydrogen-bond acceptors (Lipinski definition) is 2. The third-order valence-corrected chi connectivity index (χ3v) is 4.61. The Morgan fingerprint density at radius 1 is 1.25 bits per heavy atom. The van der Waals surface area contributed by atoms with Crippen molar-refractivity contribution in [3.05, 3.63) is 59.2 Å². The summed E-state index contributed by atoms with van der Waals surface area (Å²) in [5.74, 6) is 0.239. The van der Waals surface area contributed by atoms with Gasteiger partial charge in [-0.3, -0.25) is 4.79 Å². The molecule has 0 aliphatic heterocycles. The van der Waals surface area contributed by atoms with Gasteiger partial charge in [0, 0.05) is 5.56 Å². The molecule has 1 atom stereocenters. The molecule has 1 N–H and O–H groups in total. The fourth-order valence-electron chi connectivity index (χ4n) is 2.73. The minimum absolute atomic E-state index is 0.0802. The summed E-state index contributed by atoms with van der Waals surface area (Å²) in [5, 5.41) is 4.35. The van der Waals surface area contributed by atoms with Gasteiger partial charge in [-0.05, 0) is 61.3 Å². The fraction of sp³-hybridized carbons (Fsp3) is 0.429. The summed E-state index contributed by atoms with van der Waals surface area (Å²) in [6, 6.07) is 7.72. The van der Waals surface area contributed by atoms with E-state index in [1.807, 2.05) is 38.1 Å². The van der Waals surface area contributed by atoms with Crippen LogP contribution in [0.1, 0.15) is 63.4 Å². The smallest absolute Gasteiger partial charge is 0.267 e. The van der Waals surface area contributed by atoms with Crippen LogP contribution in [0.2, 0.25) is 0 Å². The zero-order chi connectivity index (χ0) is 17.9. The standard InChI is InChI=1S/C21H28N2O/c1-14(2)17-8-7-15(3)19(13-17)22-23-20(24)16-9-11-18(12-10-16)21(4,5)6/h7,9-12,17H,1,8,13H2,2-6H3,(H,23,24)/b22-19+/t17-/m1/s1. The first-order valence-corrected chi connectivity index (χ1v) is 8.48. The molecule has 1 aliphatic carbocycles. The summed E-state index contributed by atoms with van der Waals surface area (Å²) in [6.07, 6.45) is 4.01. The molecular weight excluding hydrogens is 296 g/mol. The second-order valence-corrected chi connectivity index (χ2v) is 7.70. The molecule has 0 aromatic heterocycles. The van der Waals surface area contributed by atoms with E-state index in [4.69, 9.17) is 0 Å². The summed E-state index contributed by atoms with van der Waals surface area (Å²) in [7, 11) is 0. The van der Waals surface area contributed by atoms with Gasteiger partial charge in [-0.2, -0.15) is 5.10 Å². The quantitative estimate of drug-likeness (QED) is 0.617. The minimum Gasteiger partial charge on any atom is -0.267 e. The maximum Gasteiger partial charge on any atom is 0.271 e. The van der Waals surface area contributed by atoms with Crippen LogP contribution in [-0.2, 0) is 5.41 Å². The second kappa shape index (κ2) is 7.16. The summed E-state index contributed by atoms with van der Waals surface area (Å²) >= 11 is 0. The van der Waals surface area contributed by atoms with Crippen molar-refractivity contribution in [3.63, 3.8) is 0 Å². The van der Waals surface area contributed by atoms with E-state index in [0.29, 0.717) is 11.5 Å². The van der Waals surface area contributed by atoms with Gasteiger partial charge in [0.2, 0.25) is 0 Å². The summed E-state index contributed by atoms with van der Waals surface area (Å²) in [5.41, 5.74) is 7.85. The molecule has 24 heavy (non-hydrogen) atoms. The van der Waals surface area contributed by atoms with Crippen LogP contribution in [0.5, 0.6) is 0 Å². The van der Waals surface area contributed by atoms with Crippen molar-refractivity contribution in [3.8, 4) is 0 Å². The topological polar surface area (TPSA) is 41.5 Å². The van der Waals surface area contributed by atoms with Crippen molar-refractivity contribution < 1.29 is 4.79 Å². The van der Waals surface area contributed by atoms with Gasteiger partial charge in [-0.25, -0.2) is 5.43 Å². The minimum atomic E-state index is -0.173. The molecule has 0 saturated heterocycles. The zero-order valence-corrected chi connectivity index (χ0v) is 15.4. The van der Waals surface area contributed by atoms with Crippen LogP contribution in [0.3, 0.4) is 0 Å². The van der Waals surface area contributed by atoms with E-state index >= 15 is 0 Å². The SMILES string of the molecule is C=C(C)[C@@H]1CC=C(C)/C(=N/NC(=O)c2ccc(C(C)(C)C)cc2)C1. The molecule has 1 aliphatic rings. The number of allylic oxidation sites excluding steroid dienone is 3. The normalized spacial score (nSPS) is 19.8. The highest BCUT2D eigenvalue weighted by molar-refractivity contribution is 6.02. The molecule has 0 heterocycles. The van der Waals surface area contributed by atoms with Gasteiger partial charge in [-0.1, -0.05) is 51.1 Å². The number of nitrogens with one attached hydrogen (secondary N) is 1.